The first-order valence-corrected chi connectivity index (χ1v) is 7.99. The van der Waals surface area contributed by atoms with E-state index in [1.54, 1.807) is 7.11 Å². The van der Waals surface area contributed by atoms with Gasteiger partial charge < -0.3 is 14.2 Å². The van der Waals surface area contributed by atoms with Gasteiger partial charge in [-0.25, -0.2) is 0 Å². The predicted octanol–water partition coefficient (Wildman–Crippen LogP) is 3.06. The van der Waals surface area contributed by atoms with Gasteiger partial charge in [0.25, 0.3) is 0 Å². The van der Waals surface area contributed by atoms with E-state index in [0.29, 0.717) is 36.8 Å². The lowest BCUT2D eigenvalue weighted by Crippen LogP contribution is -2.39. The fourth-order valence-corrected chi connectivity index (χ4v) is 3.14. The molecule has 0 aromatic heterocycles. The summed E-state index contributed by atoms with van der Waals surface area (Å²) in [6, 6.07) is 4.87. The van der Waals surface area contributed by atoms with Crippen molar-refractivity contribution in [3.05, 3.63) is 17.7 Å². The minimum Gasteiger partial charge on any atom is -0.493 e. The van der Waals surface area contributed by atoms with E-state index < -0.39 is 0 Å². The fourth-order valence-electron chi connectivity index (χ4n) is 3.14. The molecule has 5 nitrogen and oxygen atoms in total. The number of benzene rings is 1. The van der Waals surface area contributed by atoms with Crippen LogP contribution in [0.1, 0.15) is 38.7 Å². The summed E-state index contributed by atoms with van der Waals surface area (Å²) >= 11 is 0. The molecular weight excluding hydrogens is 280 g/mol. The molecule has 0 spiro atoms. The Bertz CT molecular complexity index is 532. The highest BCUT2D eigenvalue weighted by molar-refractivity contribution is 5.82. The van der Waals surface area contributed by atoms with Crippen molar-refractivity contribution in [2.75, 3.05) is 20.3 Å². The van der Waals surface area contributed by atoms with Crippen molar-refractivity contribution >= 4 is 6.21 Å². The number of hydrogen-bond acceptors (Lipinski definition) is 5. The summed E-state index contributed by atoms with van der Waals surface area (Å²) in [7, 11) is 1.64. The third-order valence-corrected chi connectivity index (χ3v) is 4.34. The van der Waals surface area contributed by atoms with Crippen LogP contribution in [0, 0.1) is 0 Å². The average molecular weight is 304 g/mol. The molecule has 0 amide bonds. The number of fused-ring (bicyclic) bond motifs is 1. The van der Waals surface area contributed by atoms with Gasteiger partial charge in [0.1, 0.15) is 13.2 Å². The monoisotopic (exact) mass is 304 g/mol. The van der Waals surface area contributed by atoms with Crippen molar-refractivity contribution in [3.63, 3.8) is 0 Å². The Balaban J connectivity index is 1.84. The Hall–Kier alpha value is -1.91. The lowest BCUT2D eigenvalue weighted by molar-refractivity contribution is 0.109. The first kappa shape index (κ1) is 15.0. The Morgan fingerprint density at radius 2 is 1.91 bits per heavy atom. The van der Waals surface area contributed by atoms with Gasteiger partial charge in [-0.2, -0.15) is 5.10 Å². The van der Waals surface area contributed by atoms with Gasteiger partial charge in [-0.1, -0.05) is 0 Å². The van der Waals surface area contributed by atoms with Gasteiger partial charge in [0.2, 0.25) is 5.75 Å². The van der Waals surface area contributed by atoms with E-state index in [1.807, 2.05) is 18.3 Å². The molecule has 2 aliphatic rings. The van der Waals surface area contributed by atoms with Crippen molar-refractivity contribution in [1.29, 1.82) is 0 Å². The van der Waals surface area contributed by atoms with Crippen LogP contribution in [0.25, 0.3) is 0 Å². The highest BCUT2D eigenvalue weighted by atomic mass is 16.6. The van der Waals surface area contributed by atoms with E-state index in [2.05, 4.69) is 18.9 Å². The summed E-state index contributed by atoms with van der Waals surface area (Å²) < 4.78 is 16.7. The maximum atomic E-state index is 5.66. The highest BCUT2D eigenvalue weighted by Gasteiger charge is 2.23. The molecule has 120 valence electrons. The van der Waals surface area contributed by atoms with Crippen LogP contribution in [0.15, 0.2) is 17.2 Å². The maximum Gasteiger partial charge on any atom is 0.203 e. The van der Waals surface area contributed by atoms with Crippen LogP contribution in [0.2, 0.25) is 0 Å². The molecule has 1 fully saturated rings. The number of nitrogens with zero attached hydrogens (tertiary/aromatic N) is 2. The Labute approximate surface area is 131 Å². The predicted molar refractivity (Wildman–Crippen MR) is 86.2 cm³/mol. The molecule has 1 aromatic rings. The van der Waals surface area contributed by atoms with Crippen LogP contribution >= 0.6 is 0 Å². The molecule has 1 saturated heterocycles. The van der Waals surface area contributed by atoms with E-state index in [-0.39, 0.29) is 0 Å². The second-order valence-electron chi connectivity index (χ2n) is 6.00. The van der Waals surface area contributed by atoms with Crippen molar-refractivity contribution in [3.8, 4) is 17.2 Å². The second-order valence-corrected chi connectivity index (χ2v) is 6.00. The van der Waals surface area contributed by atoms with Gasteiger partial charge in [0.05, 0.1) is 13.3 Å². The molecule has 2 atom stereocenters. The summed E-state index contributed by atoms with van der Waals surface area (Å²) in [5, 5.41) is 6.90. The molecule has 1 aromatic carbocycles. The van der Waals surface area contributed by atoms with Crippen LogP contribution in [0.3, 0.4) is 0 Å². The summed E-state index contributed by atoms with van der Waals surface area (Å²) in [6.45, 7) is 5.59. The largest absolute Gasteiger partial charge is 0.493 e. The van der Waals surface area contributed by atoms with E-state index >= 15 is 0 Å². The van der Waals surface area contributed by atoms with Crippen molar-refractivity contribution < 1.29 is 14.2 Å². The summed E-state index contributed by atoms with van der Waals surface area (Å²) in [4.78, 5) is 0. The second kappa shape index (κ2) is 6.46. The molecule has 0 saturated carbocycles. The number of ether oxygens (including phenoxy) is 3. The number of hydrogen-bond donors (Lipinski definition) is 0. The third kappa shape index (κ3) is 2.98. The van der Waals surface area contributed by atoms with E-state index in [0.717, 1.165) is 11.3 Å². The van der Waals surface area contributed by atoms with Crippen molar-refractivity contribution in [1.82, 2.24) is 5.01 Å². The summed E-state index contributed by atoms with van der Waals surface area (Å²) in [6.07, 6.45) is 5.57. The van der Waals surface area contributed by atoms with E-state index in [1.165, 1.54) is 19.3 Å². The Morgan fingerprint density at radius 1 is 1.18 bits per heavy atom. The zero-order valence-corrected chi connectivity index (χ0v) is 13.5. The van der Waals surface area contributed by atoms with Crippen molar-refractivity contribution in [2.24, 2.45) is 5.10 Å². The van der Waals surface area contributed by atoms with Crippen LogP contribution in [-0.2, 0) is 0 Å². The number of hydrazone groups is 1. The van der Waals surface area contributed by atoms with Crippen molar-refractivity contribution in [2.45, 2.75) is 45.2 Å². The Kier molecular flexibility index (Phi) is 4.41. The van der Waals surface area contributed by atoms with Crippen LogP contribution in [0.4, 0.5) is 0 Å². The minimum absolute atomic E-state index is 0.485. The first-order valence-electron chi connectivity index (χ1n) is 7.99. The molecule has 3 rings (SSSR count). The molecule has 5 heteroatoms. The zero-order valence-electron chi connectivity index (χ0n) is 13.5. The molecule has 0 unspecified atom stereocenters. The lowest BCUT2D eigenvalue weighted by Gasteiger charge is -2.36. The highest BCUT2D eigenvalue weighted by Crippen LogP contribution is 2.40. The molecular formula is C17H24N2O3. The normalized spacial score (nSPS) is 24.6. The molecule has 0 N–H and O–H groups in total. The number of rotatable bonds is 3. The Morgan fingerprint density at radius 3 is 2.64 bits per heavy atom. The standard InChI is InChI=1S/C17H24N2O3/c1-12-5-4-6-13(2)19(12)18-11-14-9-15(20-3)17-16(10-14)21-7-8-22-17/h9-13H,4-8H2,1-3H3/b18-11-/t12-,13+. The van der Waals surface area contributed by atoms with Gasteiger partial charge in [0.15, 0.2) is 11.5 Å². The molecule has 22 heavy (non-hydrogen) atoms. The van der Waals surface area contributed by atoms with E-state index in [9.17, 15) is 0 Å². The molecule has 0 bridgehead atoms. The number of methoxy groups -OCH3 is 1. The van der Waals surface area contributed by atoms with Gasteiger partial charge in [-0.15, -0.1) is 0 Å². The fraction of sp³-hybridized carbons (Fsp3) is 0.588. The summed E-state index contributed by atoms with van der Waals surface area (Å²) in [5.41, 5.74) is 0.964. The number of piperidine rings is 1. The van der Waals surface area contributed by atoms with Gasteiger partial charge in [-0.3, -0.25) is 5.01 Å². The van der Waals surface area contributed by atoms with Gasteiger partial charge in [-0.05, 0) is 45.2 Å². The maximum absolute atomic E-state index is 5.66. The van der Waals surface area contributed by atoms with Gasteiger partial charge >= 0.3 is 0 Å². The van der Waals surface area contributed by atoms with Crippen LogP contribution < -0.4 is 14.2 Å². The molecule has 0 radical (unpaired) electrons. The van der Waals surface area contributed by atoms with Crippen LogP contribution in [0.5, 0.6) is 17.2 Å². The smallest absolute Gasteiger partial charge is 0.203 e. The average Bonchev–Trinajstić information content (AvgIpc) is 2.53. The quantitative estimate of drug-likeness (QED) is 0.805. The van der Waals surface area contributed by atoms with Crippen LogP contribution in [-0.4, -0.2) is 43.6 Å². The summed E-state index contributed by atoms with van der Waals surface area (Å²) in [5.74, 6) is 2.11. The third-order valence-electron chi connectivity index (χ3n) is 4.34. The first-order chi connectivity index (χ1) is 10.7. The van der Waals surface area contributed by atoms with Gasteiger partial charge in [0, 0.05) is 17.6 Å². The SMILES string of the molecule is COc1cc(/C=N\N2[C@H](C)CCC[C@@H]2C)cc2c1OCCO2. The lowest BCUT2D eigenvalue weighted by atomic mass is 10.00. The topological polar surface area (TPSA) is 43.3 Å². The minimum atomic E-state index is 0.485. The zero-order chi connectivity index (χ0) is 15.5. The molecule has 2 aliphatic heterocycles. The molecule has 0 aliphatic carbocycles. The van der Waals surface area contributed by atoms with E-state index in [4.69, 9.17) is 19.3 Å². The molecule has 2 heterocycles.